The molecule has 2 nitrogen and oxygen atoms in total. The largest absolute Gasteiger partial charge is 0.224 e. The average molecular weight is 236 g/mol. The third-order valence-corrected chi connectivity index (χ3v) is 3.17. The molecule has 0 unspecified atom stereocenters. The maximum absolute atomic E-state index is 11.5. The van der Waals surface area contributed by atoms with Crippen LogP contribution in [-0.2, 0) is 9.84 Å². The lowest BCUT2D eigenvalue weighted by Crippen LogP contribution is -1.99. The fourth-order valence-electron chi connectivity index (χ4n) is 1.24. The second-order valence-corrected chi connectivity index (χ2v) is 6.15. The molecule has 1 rings (SSSR count). The molecule has 0 saturated carbocycles. The van der Waals surface area contributed by atoms with Gasteiger partial charge in [0, 0.05) is 18.2 Å². The Hall–Kier alpha value is -1.27. The van der Waals surface area contributed by atoms with Gasteiger partial charge in [-0.1, -0.05) is 37.8 Å². The Morgan fingerprint density at radius 1 is 1.25 bits per heavy atom. The van der Waals surface area contributed by atoms with Gasteiger partial charge in [0.25, 0.3) is 0 Å². The van der Waals surface area contributed by atoms with Crippen molar-refractivity contribution >= 4 is 9.84 Å². The SMILES string of the molecule is CC(C)CC#Cc1ccccc1S(C)(=O)=O. The third kappa shape index (κ3) is 3.71. The van der Waals surface area contributed by atoms with Gasteiger partial charge in [-0.25, -0.2) is 8.42 Å². The summed E-state index contributed by atoms with van der Waals surface area (Å²) in [6.07, 6.45) is 1.98. The molecular formula is C13H16O2S. The lowest BCUT2D eigenvalue weighted by atomic mass is 10.1. The molecule has 0 bridgehead atoms. The van der Waals surface area contributed by atoms with Gasteiger partial charge in [-0.15, -0.1) is 0 Å². The van der Waals surface area contributed by atoms with Gasteiger partial charge in [0.15, 0.2) is 9.84 Å². The van der Waals surface area contributed by atoms with Gasteiger partial charge in [-0.3, -0.25) is 0 Å². The molecule has 1 aromatic rings. The first-order valence-corrected chi connectivity index (χ1v) is 7.08. The summed E-state index contributed by atoms with van der Waals surface area (Å²) in [6, 6.07) is 6.84. The van der Waals surface area contributed by atoms with Gasteiger partial charge < -0.3 is 0 Å². The zero-order chi connectivity index (χ0) is 12.2. The van der Waals surface area contributed by atoms with E-state index in [1.807, 2.05) is 0 Å². The van der Waals surface area contributed by atoms with Crippen LogP contribution in [-0.4, -0.2) is 14.7 Å². The summed E-state index contributed by atoms with van der Waals surface area (Å²) in [5.41, 5.74) is 0.589. The topological polar surface area (TPSA) is 34.1 Å². The van der Waals surface area contributed by atoms with Crippen LogP contribution in [0.3, 0.4) is 0 Å². The Balaban J connectivity index is 3.09. The van der Waals surface area contributed by atoms with Crippen LogP contribution in [0.5, 0.6) is 0 Å². The molecule has 0 heterocycles. The Kier molecular flexibility index (Phi) is 4.14. The molecule has 0 amide bonds. The summed E-state index contributed by atoms with van der Waals surface area (Å²) in [5, 5.41) is 0. The van der Waals surface area contributed by atoms with Crippen LogP contribution in [0.1, 0.15) is 25.8 Å². The summed E-state index contributed by atoms with van der Waals surface area (Å²) in [6.45, 7) is 4.16. The molecule has 0 radical (unpaired) electrons. The van der Waals surface area contributed by atoms with Crippen LogP contribution in [0.25, 0.3) is 0 Å². The van der Waals surface area contributed by atoms with E-state index in [4.69, 9.17) is 0 Å². The minimum absolute atomic E-state index is 0.311. The first kappa shape index (κ1) is 12.8. The van der Waals surface area contributed by atoms with E-state index < -0.39 is 9.84 Å². The summed E-state index contributed by atoms with van der Waals surface area (Å²) < 4.78 is 23.0. The van der Waals surface area contributed by atoms with E-state index >= 15 is 0 Å². The van der Waals surface area contributed by atoms with Crippen LogP contribution in [0, 0.1) is 17.8 Å². The van der Waals surface area contributed by atoms with E-state index in [0.717, 1.165) is 6.42 Å². The molecular weight excluding hydrogens is 220 g/mol. The van der Waals surface area contributed by atoms with Crippen molar-refractivity contribution in [3.8, 4) is 11.8 Å². The second kappa shape index (κ2) is 5.18. The highest BCUT2D eigenvalue weighted by Crippen LogP contribution is 2.14. The molecule has 16 heavy (non-hydrogen) atoms. The van der Waals surface area contributed by atoms with Crippen molar-refractivity contribution in [2.24, 2.45) is 5.92 Å². The highest BCUT2D eigenvalue weighted by molar-refractivity contribution is 7.90. The zero-order valence-corrected chi connectivity index (χ0v) is 10.6. The van der Waals surface area contributed by atoms with Crippen molar-refractivity contribution in [3.05, 3.63) is 29.8 Å². The van der Waals surface area contributed by atoms with Crippen molar-refractivity contribution in [2.45, 2.75) is 25.2 Å². The Morgan fingerprint density at radius 2 is 1.88 bits per heavy atom. The van der Waals surface area contributed by atoms with Gasteiger partial charge in [-0.2, -0.15) is 0 Å². The molecule has 0 fully saturated rings. The molecule has 0 aliphatic rings. The Morgan fingerprint density at radius 3 is 2.44 bits per heavy atom. The monoisotopic (exact) mass is 236 g/mol. The van der Waals surface area contributed by atoms with E-state index in [0.29, 0.717) is 16.4 Å². The maximum Gasteiger partial charge on any atom is 0.176 e. The van der Waals surface area contributed by atoms with Gasteiger partial charge in [0.2, 0.25) is 0 Å². The predicted molar refractivity (Wildman–Crippen MR) is 65.9 cm³/mol. The quantitative estimate of drug-likeness (QED) is 0.739. The molecule has 0 aliphatic heterocycles. The minimum Gasteiger partial charge on any atom is -0.224 e. The van der Waals surface area contributed by atoms with Gasteiger partial charge in [0.1, 0.15) is 0 Å². The van der Waals surface area contributed by atoms with E-state index in [9.17, 15) is 8.42 Å². The number of benzene rings is 1. The van der Waals surface area contributed by atoms with Crippen LogP contribution in [0.2, 0.25) is 0 Å². The lowest BCUT2D eigenvalue weighted by molar-refractivity contribution is 0.601. The number of hydrogen-bond donors (Lipinski definition) is 0. The van der Waals surface area contributed by atoms with Crippen molar-refractivity contribution in [1.82, 2.24) is 0 Å². The molecule has 86 valence electrons. The molecule has 0 aromatic heterocycles. The fourth-order valence-corrected chi connectivity index (χ4v) is 2.09. The number of sulfone groups is 1. The zero-order valence-electron chi connectivity index (χ0n) is 9.82. The molecule has 0 spiro atoms. The Labute approximate surface area is 97.6 Å². The molecule has 0 N–H and O–H groups in total. The average Bonchev–Trinajstić information content (AvgIpc) is 2.16. The number of hydrogen-bond acceptors (Lipinski definition) is 2. The normalized spacial score (nSPS) is 11.0. The Bertz CT molecular complexity index is 516. The number of rotatable bonds is 2. The van der Waals surface area contributed by atoms with Crippen molar-refractivity contribution in [2.75, 3.05) is 6.26 Å². The van der Waals surface area contributed by atoms with Gasteiger partial charge in [-0.05, 0) is 18.1 Å². The molecule has 0 aliphatic carbocycles. The van der Waals surface area contributed by atoms with Crippen molar-refractivity contribution in [3.63, 3.8) is 0 Å². The second-order valence-electron chi connectivity index (χ2n) is 4.17. The van der Waals surface area contributed by atoms with Crippen LogP contribution < -0.4 is 0 Å². The van der Waals surface area contributed by atoms with E-state index in [-0.39, 0.29) is 0 Å². The highest BCUT2D eigenvalue weighted by Gasteiger charge is 2.10. The summed E-state index contributed by atoms with van der Waals surface area (Å²) in [7, 11) is -3.19. The van der Waals surface area contributed by atoms with Crippen LogP contribution in [0.4, 0.5) is 0 Å². The van der Waals surface area contributed by atoms with E-state index in [2.05, 4.69) is 25.7 Å². The van der Waals surface area contributed by atoms with Crippen molar-refractivity contribution < 1.29 is 8.42 Å². The first-order chi connectivity index (χ1) is 7.41. The first-order valence-electron chi connectivity index (χ1n) is 5.19. The molecule has 0 saturated heterocycles. The molecule has 1 aromatic carbocycles. The smallest absolute Gasteiger partial charge is 0.176 e. The summed E-state index contributed by atoms with van der Waals surface area (Å²) >= 11 is 0. The summed E-state index contributed by atoms with van der Waals surface area (Å²) in [4.78, 5) is 0.311. The molecule has 3 heteroatoms. The molecule has 0 atom stereocenters. The minimum atomic E-state index is -3.19. The third-order valence-electron chi connectivity index (χ3n) is 2.02. The standard InChI is InChI=1S/C13H16O2S/c1-11(2)7-6-9-12-8-4-5-10-13(12)16(3,14)15/h4-5,8,10-11H,7H2,1-3H3. The van der Waals surface area contributed by atoms with Crippen LogP contribution in [0.15, 0.2) is 29.2 Å². The van der Waals surface area contributed by atoms with Gasteiger partial charge >= 0.3 is 0 Å². The van der Waals surface area contributed by atoms with Gasteiger partial charge in [0.05, 0.1) is 4.90 Å². The van der Waals surface area contributed by atoms with Crippen LogP contribution >= 0.6 is 0 Å². The summed E-state index contributed by atoms with van der Waals surface area (Å²) in [5.74, 6) is 6.42. The van der Waals surface area contributed by atoms with E-state index in [1.54, 1.807) is 24.3 Å². The lowest BCUT2D eigenvalue weighted by Gasteiger charge is -2.01. The predicted octanol–water partition coefficient (Wildman–Crippen LogP) is 2.49. The fraction of sp³-hybridized carbons (Fsp3) is 0.385. The van der Waals surface area contributed by atoms with Crippen molar-refractivity contribution in [1.29, 1.82) is 0 Å². The maximum atomic E-state index is 11.5. The van der Waals surface area contributed by atoms with E-state index in [1.165, 1.54) is 6.26 Å². The highest BCUT2D eigenvalue weighted by atomic mass is 32.2.